The Balaban J connectivity index is 2.00. The van der Waals surface area contributed by atoms with Crippen LogP contribution in [-0.2, 0) is 6.54 Å². The molecule has 1 N–H and O–H groups in total. The molecule has 0 radical (unpaired) electrons. The number of nitrogens with zero attached hydrogens (tertiary/aromatic N) is 1. The lowest BCUT2D eigenvalue weighted by Crippen LogP contribution is -2.45. The van der Waals surface area contributed by atoms with Crippen LogP contribution in [-0.4, -0.2) is 44.8 Å². The lowest BCUT2D eigenvalue weighted by Gasteiger charge is -2.32. The van der Waals surface area contributed by atoms with E-state index in [1.165, 1.54) is 19.4 Å². The fourth-order valence-electron chi connectivity index (χ4n) is 2.83. The van der Waals surface area contributed by atoms with E-state index in [0.29, 0.717) is 22.6 Å². The molecule has 1 heterocycles. The van der Waals surface area contributed by atoms with E-state index in [1.807, 2.05) is 12.1 Å². The molecule has 0 bridgehead atoms. The number of likely N-dealkylation sites (tertiary alicyclic amines) is 1. The Hall–Kier alpha value is -0.970. The van der Waals surface area contributed by atoms with E-state index in [9.17, 15) is 0 Å². The molecule has 2 rings (SSSR count). The SMILES string of the molecule is CCN1CCCC(NCc2ccc(OC)c(OC)c2Cl)C1. The standard InChI is InChI=1S/C16H25ClN2O2/c1-4-19-9-5-6-13(11-19)18-10-12-7-8-14(20-2)16(21-3)15(12)17/h7-8,13,18H,4-6,9-11H2,1-3H3. The summed E-state index contributed by atoms with van der Waals surface area (Å²) >= 11 is 6.41. The first-order valence-electron chi connectivity index (χ1n) is 7.54. The number of hydrogen-bond donors (Lipinski definition) is 1. The number of ether oxygens (including phenoxy) is 2. The monoisotopic (exact) mass is 312 g/mol. The molecule has 0 spiro atoms. The van der Waals surface area contributed by atoms with Gasteiger partial charge in [0.2, 0.25) is 0 Å². The summed E-state index contributed by atoms with van der Waals surface area (Å²) in [5.74, 6) is 1.28. The highest BCUT2D eigenvalue weighted by Crippen LogP contribution is 2.37. The minimum absolute atomic E-state index is 0.530. The fraction of sp³-hybridized carbons (Fsp3) is 0.625. The van der Waals surface area contributed by atoms with E-state index in [2.05, 4.69) is 17.1 Å². The molecule has 1 aromatic rings. The largest absolute Gasteiger partial charge is 0.493 e. The second kappa shape index (κ2) is 7.87. The summed E-state index contributed by atoms with van der Waals surface area (Å²) in [6, 6.07) is 4.43. The summed E-state index contributed by atoms with van der Waals surface area (Å²) in [6.45, 7) is 6.41. The Morgan fingerprint density at radius 3 is 2.81 bits per heavy atom. The number of piperidine rings is 1. The van der Waals surface area contributed by atoms with Gasteiger partial charge in [-0.05, 0) is 37.6 Å². The smallest absolute Gasteiger partial charge is 0.179 e. The van der Waals surface area contributed by atoms with Crippen molar-refractivity contribution in [2.75, 3.05) is 33.9 Å². The van der Waals surface area contributed by atoms with Crippen LogP contribution in [0, 0.1) is 0 Å². The summed E-state index contributed by atoms with van der Waals surface area (Å²) in [4.78, 5) is 2.48. The second-order valence-electron chi connectivity index (χ2n) is 5.39. The molecule has 1 aromatic carbocycles. The molecule has 118 valence electrons. The second-order valence-corrected chi connectivity index (χ2v) is 5.77. The van der Waals surface area contributed by atoms with Crippen molar-refractivity contribution in [2.24, 2.45) is 0 Å². The number of hydrogen-bond acceptors (Lipinski definition) is 4. The Kier molecular flexibility index (Phi) is 6.15. The first kappa shape index (κ1) is 16.4. The Labute approximate surface area is 132 Å². The molecular weight excluding hydrogens is 288 g/mol. The Morgan fingerprint density at radius 1 is 1.33 bits per heavy atom. The molecule has 0 aromatic heterocycles. The van der Waals surface area contributed by atoms with Crippen LogP contribution in [0.1, 0.15) is 25.3 Å². The van der Waals surface area contributed by atoms with Crippen molar-refractivity contribution < 1.29 is 9.47 Å². The molecule has 1 saturated heterocycles. The zero-order valence-corrected chi connectivity index (χ0v) is 13.9. The topological polar surface area (TPSA) is 33.7 Å². The molecule has 1 fully saturated rings. The summed E-state index contributed by atoms with van der Waals surface area (Å²) in [5.41, 5.74) is 1.04. The first-order valence-corrected chi connectivity index (χ1v) is 7.92. The van der Waals surface area contributed by atoms with Gasteiger partial charge in [-0.3, -0.25) is 0 Å². The fourth-order valence-corrected chi connectivity index (χ4v) is 3.13. The van der Waals surface area contributed by atoms with Gasteiger partial charge < -0.3 is 19.7 Å². The van der Waals surface area contributed by atoms with Gasteiger partial charge in [-0.2, -0.15) is 0 Å². The van der Waals surface area contributed by atoms with Crippen molar-refractivity contribution >= 4 is 11.6 Å². The van der Waals surface area contributed by atoms with E-state index in [0.717, 1.165) is 25.2 Å². The summed E-state index contributed by atoms with van der Waals surface area (Å²) in [7, 11) is 3.23. The van der Waals surface area contributed by atoms with Crippen LogP contribution in [0.5, 0.6) is 11.5 Å². The van der Waals surface area contributed by atoms with Crippen molar-refractivity contribution in [2.45, 2.75) is 32.4 Å². The minimum atomic E-state index is 0.530. The van der Waals surface area contributed by atoms with Crippen molar-refractivity contribution in [1.82, 2.24) is 10.2 Å². The molecule has 1 atom stereocenters. The van der Waals surface area contributed by atoms with Gasteiger partial charge in [0.05, 0.1) is 19.2 Å². The molecule has 0 aliphatic carbocycles. The Bertz CT molecular complexity index is 468. The van der Waals surface area contributed by atoms with Gasteiger partial charge >= 0.3 is 0 Å². The predicted octanol–water partition coefficient (Wildman–Crippen LogP) is 2.93. The summed E-state index contributed by atoms with van der Waals surface area (Å²) in [6.07, 6.45) is 2.48. The molecular formula is C16H25ClN2O2. The predicted molar refractivity (Wildman–Crippen MR) is 86.5 cm³/mol. The number of nitrogens with one attached hydrogen (secondary N) is 1. The van der Waals surface area contributed by atoms with Crippen LogP contribution < -0.4 is 14.8 Å². The number of halogens is 1. The van der Waals surface area contributed by atoms with E-state index < -0.39 is 0 Å². The number of rotatable bonds is 6. The molecule has 0 saturated carbocycles. The highest BCUT2D eigenvalue weighted by molar-refractivity contribution is 6.33. The molecule has 1 aliphatic heterocycles. The maximum atomic E-state index is 6.41. The molecule has 1 aliphatic rings. The normalized spacial score (nSPS) is 19.5. The third-order valence-corrected chi connectivity index (χ3v) is 4.51. The maximum absolute atomic E-state index is 6.41. The molecule has 21 heavy (non-hydrogen) atoms. The van der Waals surface area contributed by atoms with E-state index in [-0.39, 0.29) is 0 Å². The average Bonchev–Trinajstić information content (AvgIpc) is 2.53. The van der Waals surface area contributed by atoms with Crippen LogP contribution in [0.2, 0.25) is 5.02 Å². The van der Waals surface area contributed by atoms with Crippen LogP contribution in [0.4, 0.5) is 0 Å². The van der Waals surface area contributed by atoms with Crippen molar-refractivity contribution in [1.29, 1.82) is 0 Å². The van der Waals surface area contributed by atoms with Crippen molar-refractivity contribution in [3.05, 3.63) is 22.7 Å². The van der Waals surface area contributed by atoms with Gasteiger partial charge in [-0.15, -0.1) is 0 Å². The van der Waals surface area contributed by atoms with E-state index >= 15 is 0 Å². The summed E-state index contributed by atoms with van der Waals surface area (Å²) < 4.78 is 10.6. The zero-order chi connectivity index (χ0) is 15.2. The first-order chi connectivity index (χ1) is 10.2. The van der Waals surface area contributed by atoms with Crippen LogP contribution in [0.25, 0.3) is 0 Å². The van der Waals surface area contributed by atoms with Gasteiger partial charge in [0.15, 0.2) is 11.5 Å². The van der Waals surface area contributed by atoms with Crippen LogP contribution >= 0.6 is 11.6 Å². The van der Waals surface area contributed by atoms with Gasteiger partial charge in [0, 0.05) is 19.1 Å². The Morgan fingerprint density at radius 2 is 2.14 bits per heavy atom. The minimum Gasteiger partial charge on any atom is -0.493 e. The van der Waals surface area contributed by atoms with Crippen molar-refractivity contribution in [3.63, 3.8) is 0 Å². The maximum Gasteiger partial charge on any atom is 0.179 e. The average molecular weight is 313 g/mol. The lowest BCUT2D eigenvalue weighted by molar-refractivity contribution is 0.198. The number of likely N-dealkylation sites (N-methyl/N-ethyl adjacent to an activating group) is 1. The molecule has 4 nitrogen and oxygen atoms in total. The zero-order valence-electron chi connectivity index (χ0n) is 13.1. The third-order valence-electron chi connectivity index (χ3n) is 4.10. The van der Waals surface area contributed by atoms with E-state index in [4.69, 9.17) is 21.1 Å². The quantitative estimate of drug-likeness (QED) is 0.875. The highest BCUT2D eigenvalue weighted by Gasteiger charge is 2.19. The molecule has 1 unspecified atom stereocenters. The van der Waals surface area contributed by atoms with Gasteiger partial charge in [-0.1, -0.05) is 24.6 Å². The van der Waals surface area contributed by atoms with Gasteiger partial charge in [0.25, 0.3) is 0 Å². The van der Waals surface area contributed by atoms with Gasteiger partial charge in [0.1, 0.15) is 0 Å². The lowest BCUT2D eigenvalue weighted by atomic mass is 10.1. The highest BCUT2D eigenvalue weighted by atomic mass is 35.5. The van der Waals surface area contributed by atoms with Crippen LogP contribution in [0.3, 0.4) is 0 Å². The number of methoxy groups -OCH3 is 2. The number of benzene rings is 1. The third kappa shape index (κ3) is 4.02. The van der Waals surface area contributed by atoms with Crippen molar-refractivity contribution in [3.8, 4) is 11.5 Å². The summed E-state index contributed by atoms with van der Waals surface area (Å²) in [5, 5.41) is 4.24. The van der Waals surface area contributed by atoms with E-state index in [1.54, 1.807) is 14.2 Å². The van der Waals surface area contributed by atoms with Crippen LogP contribution in [0.15, 0.2) is 12.1 Å². The molecule has 5 heteroatoms. The molecule has 0 amide bonds. The van der Waals surface area contributed by atoms with Gasteiger partial charge in [-0.25, -0.2) is 0 Å².